The highest BCUT2D eigenvalue weighted by Gasteiger charge is 2.23. The van der Waals surface area contributed by atoms with Gasteiger partial charge in [0.15, 0.2) is 0 Å². The van der Waals surface area contributed by atoms with Crippen molar-refractivity contribution >= 4 is 11.8 Å². The molecule has 0 aliphatic heterocycles. The Bertz CT molecular complexity index is 527. The minimum Gasteiger partial charge on any atom is -0.338 e. The van der Waals surface area contributed by atoms with Crippen molar-refractivity contribution in [3.63, 3.8) is 0 Å². The smallest absolute Gasteiger partial charge is 0.233 e. The standard InChI is InChI=1S/C17H22N2O2/c1-4-5-11-15(20)18-12-19-17(21)16(13(2)3)14-9-7-6-8-10-14/h6-10,13,16H,11-12H2,1-3H3,(H,18,20)(H,19,21). The molecule has 1 rings (SSSR count). The molecule has 112 valence electrons. The first-order chi connectivity index (χ1) is 10.1. The first kappa shape index (κ1) is 16.8. The molecule has 4 nitrogen and oxygen atoms in total. The highest BCUT2D eigenvalue weighted by Crippen LogP contribution is 2.24. The number of hydrogen-bond acceptors (Lipinski definition) is 2. The zero-order valence-electron chi connectivity index (χ0n) is 12.8. The molecular formula is C17H22N2O2. The Morgan fingerprint density at radius 2 is 1.81 bits per heavy atom. The molecule has 0 spiro atoms. The van der Waals surface area contributed by atoms with E-state index in [9.17, 15) is 9.59 Å². The number of carbonyl (C=O) groups is 2. The Labute approximate surface area is 126 Å². The van der Waals surface area contributed by atoms with Crippen LogP contribution in [-0.4, -0.2) is 18.5 Å². The highest BCUT2D eigenvalue weighted by molar-refractivity contribution is 5.84. The summed E-state index contributed by atoms with van der Waals surface area (Å²) in [6.45, 7) is 5.82. The maximum absolute atomic E-state index is 12.3. The molecule has 0 aliphatic carbocycles. The lowest BCUT2D eigenvalue weighted by Crippen LogP contribution is -2.40. The lowest BCUT2D eigenvalue weighted by molar-refractivity contribution is -0.124. The van der Waals surface area contributed by atoms with Crippen LogP contribution in [0.25, 0.3) is 0 Å². The minimum atomic E-state index is -0.224. The maximum Gasteiger partial charge on any atom is 0.233 e. The van der Waals surface area contributed by atoms with Crippen LogP contribution in [0, 0.1) is 17.8 Å². The average molecular weight is 286 g/mol. The number of hydrogen-bond donors (Lipinski definition) is 2. The first-order valence-corrected chi connectivity index (χ1v) is 7.05. The third kappa shape index (κ3) is 5.70. The Morgan fingerprint density at radius 3 is 2.38 bits per heavy atom. The van der Waals surface area contributed by atoms with Crippen LogP contribution >= 0.6 is 0 Å². The number of carbonyl (C=O) groups excluding carboxylic acids is 2. The summed E-state index contributed by atoms with van der Waals surface area (Å²) >= 11 is 0. The fraction of sp³-hybridized carbons (Fsp3) is 0.412. The Hall–Kier alpha value is -2.28. The fourth-order valence-corrected chi connectivity index (χ4v) is 2.07. The van der Waals surface area contributed by atoms with E-state index in [0.717, 1.165) is 5.56 Å². The Morgan fingerprint density at radius 1 is 1.14 bits per heavy atom. The lowest BCUT2D eigenvalue weighted by Gasteiger charge is -2.20. The van der Waals surface area contributed by atoms with Crippen molar-refractivity contribution in [2.24, 2.45) is 5.92 Å². The summed E-state index contributed by atoms with van der Waals surface area (Å²) in [6.07, 6.45) is 0.151. The van der Waals surface area contributed by atoms with E-state index in [1.54, 1.807) is 6.92 Å². The van der Waals surface area contributed by atoms with Gasteiger partial charge in [-0.3, -0.25) is 9.59 Å². The summed E-state index contributed by atoms with van der Waals surface area (Å²) in [7, 11) is 0. The SMILES string of the molecule is CC#CCC(=O)NCNC(=O)C(c1ccccc1)C(C)C. The Balaban J connectivity index is 2.55. The number of rotatable bonds is 6. The van der Waals surface area contributed by atoms with E-state index in [1.807, 2.05) is 44.2 Å². The molecule has 0 bridgehead atoms. The van der Waals surface area contributed by atoms with Gasteiger partial charge in [0, 0.05) is 0 Å². The van der Waals surface area contributed by atoms with Crippen molar-refractivity contribution in [1.82, 2.24) is 10.6 Å². The van der Waals surface area contributed by atoms with Gasteiger partial charge in [-0.1, -0.05) is 50.1 Å². The van der Waals surface area contributed by atoms with E-state index in [1.165, 1.54) is 0 Å². The summed E-state index contributed by atoms with van der Waals surface area (Å²) in [5.74, 6) is 5.01. The van der Waals surface area contributed by atoms with Crippen LogP contribution in [0.2, 0.25) is 0 Å². The van der Waals surface area contributed by atoms with E-state index in [0.29, 0.717) is 0 Å². The van der Waals surface area contributed by atoms with Crippen LogP contribution in [-0.2, 0) is 9.59 Å². The molecular weight excluding hydrogens is 264 g/mol. The van der Waals surface area contributed by atoms with Crippen LogP contribution in [0.15, 0.2) is 30.3 Å². The fourth-order valence-electron chi connectivity index (χ4n) is 2.07. The molecule has 0 heterocycles. The zero-order chi connectivity index (χ0) is 15.7. The predicted molar refractivity (Wildman–Crippen MR) is 83.2 cm³/mol. The second kappa shape index (κ2) is 8.80. The molecule has 1 unspecified atom stereocenters. The molecule has 0 saturated heterocycles. The average Bonchev–Trinajstić information content (AvgIpc) is 2.46. The van der Waals surface area contributed by atoms with Crippen molar-refractivity contribution < 1.29 is 9.59 Å². The van der Waals surface area contributed by atoms with Gasteiger partial charge in [0.25, 0.3) is 0 Å². The molecule has 0 saturated carbocycles. The van der Waals surface area contributed by atoms with Gasteiger partial charge in [-0.15, -0.1) is 5.92 Å². The van der Waals surface area contributed by atoms with Gasteiger partial charge < -0.3 is 10.6 Å². The third-order valence-corrected chi connectivity index (χ3v) is 3.08. The van der Waals surface area contributed by atoms with Crippen molar-refractivity contribution in [1.29, 1.82) is 0 Å². The number of nitrogens with one attached hydrogen (secondary N) is 2. The molecule has 1 atom stereocenters. The van der Waals surface area contributed by atoms with E-state index >= 15 is 0 Å². The third-order valence-electron chi connectivity index (χ3n) is 3.08. The topological polar surface area (TPSA) is 58.2 Å². The molecule has 1 aromatic carbocycles. The number of amides is 2. The van der Waals surface area contributed by atoms with Crippen molar-refractivity contribution in [3.05, 3.63) is 35.9 Å². The van der Waals surface area contributed by atoms with Gasteiger partial charge in [0.05, 0.1) is 19.0 Å². The minimum absolute atomic E-state index is 0.0851. The van der Waals surface area contributed by atoms with Gasteiger partial charge in [0.2, 0.25) is 11.8 Å². The van der Waals surface area contributed by atoms with Crippen LogP contribution in [0.1, 0.15) is 38.7 Å². The molecule has 2 N–H and O–H groups in total. The van der Waals surface area contributed by atoms with Crippen LogP contribution in [0.4, 0.5) is 0 Å². The van der Waals surface area contributed by atoms with Crippen molar-refractivity contribution in [2.45, 2.75) is 33.1 Å². The normalized spacial score (nSPS) is 11.2. The van der Waals surface area contributed by atoms with Gasteiger partial charge in [-0.25, -0.2) is 0 Å². The Kier molecular flexibility index (Phi) is 7.03. The largest absolute Gasteiger partial charge is 0.338 e. The van der Waals surface area contributed by atoms with Gasteiger partial charge in [-0.05, 0) is 18.4 Å². The quantitative estimate of drug-likeness (QED) is 0.621. The van der Waals surface area contributed by atoms with E-state index in [2.05, 4.69) is 22.5 Å². The lowest BCUT2D eigenvalue weighted by atomic mass is 9.88. The molecule has 0 fully saturated rings. The van der Waals surface area contributed by atoms with Crippen LogP contribution in [0.5, 0.6) is 0 Å². The summed E-state index contributed by atoms with van der Waals surface area (Å²) in [4.78, 5) is 23.7. The van der Waals surface area contributed by atoms with Gasteiger partial charge >= 0.3 is 0 Å². The molecule has 4 heteroatoms. The second-order valence-electron chi connectivity index (χ2n) is 5.05. The van der Waals surface area contributed by atoms with Crippen LogP contribution < -0.4 is 10.6 Å². The predicted octanol–water partition coefficient (Wildman–Crippen LogP) is 2.03. The molecule has 2 amide bonds. The summed E-state index contributed by atoms with van der Waals surface area (Å²) in [6, 6.07) is 9.65. The first-order valence-electron chi connectivity index (χ1n) is 7.05. The number of benzene rings is 1. The zero-order valence-corrected chi connectivity index (χ0v) is 12.8. The molecule has 0 aromatic heterocycles. The van der Waals surface area contributed by atoms with Crippen LogP contribution in [0.3, 0.4) is 0 Å². The van der Waals surface area contributed by atoms with Crippen molar-refractivity contribution in [3.8, 4) is 11.8 Å². The summed E-state index contributed by atoms with van der Waals surface area (Å²) in [5, 5.41) is 5.37. The van der Waals surface area contributed by atoms with E-state index < -0.39 is 0 Å². The second-order valence-corrected chi connectivity index (χ2v) is 5.05. The van der Waals surface area contributed by atoms with E-state index in [-0.39, 0.29) is 36.7 Å². The molecule has 21 heavy (non-hydrogen) atoms. The van der Waals surface area contributed by atoms with Gasteiger partial charge in [-0.2, -0.15) is 0 Å². The molecule has 1 aromatic rings. The highest BCUT2D eigenvalue weighted by atomic mass is 16.2. The van der Waals surface area contributed by atoms with E-state index in [4.69, 9.17) is 0 Å². The monoisotopic (exact) mass is 286 g/mol. The molecule has 0 radical (unpaired) electrons. The summed E-state index contributed by atoms with van der Waals surface area (Å²) in [5.41, 5.74) is 0.980. The van der Waals surface area contributed by atoms with Gasteiger partial charge in [0.1, 0.15) is 0 Å². The maximum atomic E-state index is 12.3. The van der Waals surface area contributed by atoms with Crippen molar-refractivity contribution in [2.75, 3.05) is 6.67 Å². The summed E-state index contributed by atoms with van der Waals surface area (Å²) < 4.78 is 0. The molecule has 0 aliphatic rings.